The van der Waals surface area contributed by atoms with Gasteiger partial charge in [0.1, 0.15) is 11.4 Å². The van der Waals surface area contributed by atoms with Crippen LogP contribution in [0.5, 0.6) is 0 Å². The molecule has 82 valence electrons. The van der Waals surface area contributed by atoms with Crippen molar-refractivity contribution in [2.75, 3.05) is 14.1 Å². The van der Waals surface area contributed by atoms with Crippen molar-refractivity contribution >= 4 is 5.97 Å². The molecular formula is C11H14FNO2. The summed E-state index contributed by atoms with van der Waals surface area (Å²) in [5, 5.41) is 9.18. The molecule has 3 nitrogen and oxygen atoms in total. The zero-order valence-corrected chi connectivity index (χ0v) is 8.99. The van der Waals surface area contributed by atoms with E-state index < -0.39 is 17.3 Å². The molecule has 0 amide bonds. The molecule has 1 aromatic carbocycles. The highest BCUT2D eigenvalue weighted by atomic mass is 19.1. The smallest absolute Gasteiger partial charge is 0.328 e. The molecule has 0 fully saturated rings. The molecule has 0 saturated carbocycles. The number of nitrogens with zero attached hydrogens (tertiary/aromatic N) is 1. The Balaban J connectivity index is 3.28. The van der Waals surface area contributed by atoms with Gasteiger partial charge in [-0.3, -0.25) is 4.90 Å². The Morgan fingerprint density at radius 2 is 2.07 bits per heavy atom. The van der Waals surface area contributed by atoms with Crippen LogP contribution in [0.25, 0.3) is 0 Å². The normalized spacial score (nSPS) is 15.0. The molecule has 1 rings (SSSR count). The van der Waals surface area contributed by atoms with E-state index in [0.29, 0.717) is 5.56 Å². The largest absolute Gasteiger partial charge is 0.480 e. The lowest BCUT2D eigenvalue weighted by Crippen LogP contribution is -2.45. The van der Waals surface area contributed by atoms with Crippen LogP contribution in [0.1, 0.15) is 12.5 Å². The third-order valence-electron chi connectivity index (χ3n) is 2.70. The van der Waals surface area contributed by atoms with Crippen LogP contribution in [-0.2, 0) is 10.3 Å². The molecule has 0 unspecified atom stereocenters. The molecule has 0 heterocycles. The van der Waals surface area contributed by atoms with E-state index in [9.17, 15) is 14.3 Å². The summed E-state index contributed by atoms with van der Waals surface area (Å²) in [7, 11) is 3.30. The van der Waals surface area contributed by atoms with E-state index >= 15 is 0 Å². The molecule has 15 heavy (non-hydrogen) atoms. The Hall–Kier alpha value is -1.42. The Bertz CT molecular complexity index is 379. The molecule has 0 saturated heterocycles. The molecule has 1 aromatic rings. The summed E-state index contributed by atoms with van der Waals surface area (Å²) in [5.74, 6) is -1.43. The van der Waals surface area contributed by atoms with E-state index in [-0.39, 0.29) is 0 Å². The molecule has 0 radical (unpaired) electrons. The summed E-state index contributed by atoms with van der Waals surface area (Å²) in [6.07, 6.45) is 0. The summed E-state index contributed by atoms with van der Waals surface area (Å²) < 4.78 is 13.0. The molecular weight excluding hydrogens is 197 g/mol. The summed E-state index contributed by atoms with van der Waals surface area (Å²) in [5.41, 5.74) is -0.776. The van der Waals surface area contributed by atoms with E-state index in [4.69, 9.17) is 0 Å². The second-order valence-electron chi connectivity index (χ2n) is 3.78. The van der Waals surface area contributed by atoms with E-state index in [2.05, 4.69) is 0 Å². The summed E-state index contributed by atoms with van der Waals surface area (Å²) in [4.78, 5) is 12.8. The third kappa shape index (κ3) is 1.99. The van der Waals surface area contributed by atoms with Crippen molar-refractivity contribution in [3.63, 3.8) is 0 Å². The van der Waals surface area contributed by atoms with Crippen molar-refractivity contribution in [3.05, 3.63) is 35.6 Å². The fourth-order valence-corrected chi connectivity index (χ4v) is 1.36. The molecule has 4 heteroatoms. The van der Waals surface area contributed by atoms with Crippen LogP contribution in [-0.4, -0.2) is 30.1 Å². The lowest BCUT2D eigenvalue weighted by atomic mass is 9.91. The quantitative estimate of drug-likeness (QED) is 0.827. The van der Waals surface area contributed by atoms with E-state index in [1.54, 1.807) is 32.0 Å². The van der Waals surface area contributed by atoms with Crippen molar-refractivity contribution in [1.29, 1.82) is 0 Å². The maximum atomic E-state index is 13.0. The van der Waals surface area contributed by atoms with Crippen LogP contribution in [0.2, 0.25) is 0 Å². The van der Waals surface area contributed by atoms with Crippen LogP contribution in [0.3, 0.4) is 0 Å². The van der Waals surface area contributed by atoms with Crippen molar-refractivity contribution in [3.8, 4) is 0 Å². The highest BCUT2D eigenvalue weighted by Gasteiger charge is 2.37. The van der Waals surface area contributed by atoms with Gasteiger partial charge in [0.15, 0.2) is 0 Å². The number of carbonyl (C=O) groups is 1. The number of likely N-dealkylation sites (N-methyl/N-ethyl adjacent to an activating group) is 1. The molecule has 1 N–H and O–H groups in total. The predicted octanol–water partition coefficient (Wildman–Crippen LogP) is 1.69. The lowest BCUT2D eigenvalue weighted by molar-refractivity contribution is -0.149. The van der Waals surface area contributed by atoms with Crippen LogP contribution in [0.4, 0.5) is 4.39 Å². The molecule has 0 spiro atoms. The standard InChI is InChI=1S/C11H14FNO2/c1-11(10(14)15,13(2)3)8-5-4-6-9(12)7-8/h4-7H,1-3H3,(H,14,15)/t11-/m0/s1. The minimum atomic E-state index is -1.21. The topological polar surface area (TPSA) is 40.5 Å². The summed E-state index contributed by atoms with van der Waals surface area (Å²) in [6.45, 7) is 1.55. The number of rotatable bonds is 3. The monoisotopic (exact) mass is 211 g/mol. The number of aliphatic carboxylic acids is 1. The number of halogens is 1. The Morgan fingerprint density at radius 3 is 2.47 bits per heavy atom. The Kier molecular flexibility index (Phi) is 3.09. The van der Waals surface area contributed by atoms with Gasteiger partial charge in [0, 0.05) is 0 Å². The highest BCUT2D eigenvalue weighted by molar-refractivity contribution is 5.80. The maximum Gasteiger partial charge on any atom is 0.328 e. The van der Waals surface area contributed by atoms with Crippen molar-refractivity contribution < 1.29 is 14.3 Å². The fourth-order valence-electron chi connectivity index (χ4n) is 1.36. The Labute approximate surface area is 88.1 Å². The fraction of sp³-hybridized carbons (Fsp3) is 0.364. The third-order valence-corrected chi connectivity index (χ3v) is 2.70. The average molecular weight is 211 g/mol. The summed E-state index contributed by atoms with van der Waals surface area (Å²) >= 11 is 0. The van der Waals surface area contributed by atoms with E-state index in [0.717, 1.165) is 0 Å². The van der Waals surface area contributed by atoms with Crippen molar-refractivity contribution in [2.45, 2.75) is 12.5 Å². The van der Waals surface area contributed by atoms with E-state index in [1.807, 2.05) is 0 Å². The van der Waals surface area contributed by atoms with Crippen LogP contribution >= 0.6 is 0 Å². The van der Waals surface area contributed by atoms with Crippen LogP contribution in [0.15, 0.2) is 24.3 Å². The minimum absolute atomic E-state index is 0.429. The first kappa shape index (κ1) is 11.7. The number of carboxylic acid groups (broad SMARTS) is 1. The molecule has 0 aliphatic carbocycles. The van der Waals surface area contributed by atoms with Gasteiger partial charge < -0.3 is 5.11 Å². The zero-order valence-electron chi connectivity index (χ0n) is 8.99. The first-order chi connectivity index (χ1) is 6.89. The van der Waals surface area contributed by atoms with Gasteiger partial charge in [0.25, 0.3) is 0 Å². The Morgan fingerprint density at radius 1 is 1.47 bits per heavy atom. The first-order valence-corrected chi connectivity index (χ1v) is 4.56. The van der Waals surface area contributed by atoms with Crippen molar-refractivity contribution in [2.24, 2.45) is 0 Å². The maximum absolute atomic E-state index is 13.0. The molecule has 0 aliphatic rings. The second kappa shape index (κ2) is 3.98. The van der Waals surface area contributed by atoms with Gasteiger partial charge in [-0.2, -0.15) is 0 Å². The van der Waals surface area contributed by atoms with Gasteiger partial charge in [-0.1, -0.05) is 12.1 Å². The SMILES string of the molecule is CN(C)[C@](C)(C(=O)O)c1cccc(F)c1. The van der Waals surface area contributed by atoms with Crippen LogP contribution in [0, 0.1) is 5.82 Å². The average Bonchev–Trinajstić information content (AvgIpc) is 2.15. The lowest BCUT2D eigenvalue weighted by Gasteiger charge is -2.32. The molecule has 0 aliphatic heterocycles. The number of benzene rings is 1. The van der Waals surface area contributed by atoms with Gasteiger partial charge in [0.05, 0.1) is 0 Å². The molecule has 0 aromatic heterocycles. The molecule has 1 atom stereocenters. The first-order valence-electron chi connectivity index (χ1n) is 4.56. The van der Waals surface area contributed by atoms with Gasteiger partial charge in [-0.25, -0.2) is 9.18 Å². The van der Waals surface area contributed by atoms with Crippen molar-refractivity contribution in [1.82, 2.24) is 4.90 Å². The van der Waals surface area contributed by atoms with Gasteiger partial charge in [0.2, 0.25) is 0 Å². The van der Waals surface area contributed by atoms with E-state index in [1.165, 1.54) is 18.2 Å². The van der Waals surface area contributed by atoms with Gasteiger partial charge >= 0.3 is 5.97 Å². The van der Waals surface area contributed by atoms with Gasteiger partial charge in [-0.15, -0.1) is 0 Å². The van der Waals surface area contributed by atoms with Gasteiger partial charge in [-0.05, 0) is 38.7 Å². The highest BCUT2D eigenvalue weighted by Crippen LogP contribution is 2.26. The number of carboxylic acids is 1. The molecule has 0 bridgehead atoms. The number of hydrogen-bond acceptors (Lipinski definition) is 2. The number of hydrogen-bond donors (Lipinski definition) is 1. The van der Waals surface area contributed by atoms with Crippen LogP contribution < -0.4 is 0 Å². The summed E-state index contributed by atoms with van der Waals surface area (Å²) in [6, 6.07) is 5.65. The zero-order chi connectivity index (χ0) is 11.6. The second-order valence-corrected chi connectivity index (χ2v) is 3.78. The minimum Gasteiger partial charge on any atom is -0.480 e. The predicted molar refractivity (Wildman–Crippen MR) is 55.1 cm³/mol.